The molecule has 0 unspecified atom stereocenters. The fourth-order valence-corrected chi connectivity index (χ4v) is 2.09. The molecule has 0 spiro atoms. The molecule has 1 N–H and O–H groups in total. The minimum absolute atomic E-state index is 0.134. The van der Waals surface area contributed by atoms with Gasteiger partial charge in [0, 0.05) is 11.6 Å². The molecule has 0 fully saturated rings. The molecule has 0 bridgehead atoms. The second-order valence-corrected chi connectivity index (χ2v) is 5.14. The molecule has 2 heterocycles. The zero-order chi connectivity index (χ0) is 15.5. The maximum absolute atomic E-state index is 12.1. The summed E-state index contributed by atoms with van der Waals surface area (Å²) in [5.41, 5.74) is 3.53. The molecule has 3 aromatic rings. The summed E-state index contributed by atoms with van der Waals surface area (Å²) in [7, 11) is 0. The van der Waals surface area contributed by atoms with Crippen LogP contribution in [0.25, 0.3) is 11.5 Å². The van der Waals surface area contributed by atoms with E-state index in [0.29, 0.717) is 29.3 Å². The molecule has 0 aliphatic heterocycles. The first kappa shape index (κ1) is 14.1. The van der Waals surface area contributed by atoms with Gasteiger partial charge in [-0.05, 0) is 49.2 Å². The molecule has 3 rings (SSSR count). The molecule has 0 saturated heterocycles. The van der Waals surface area contributed by atoms with Gasteiger partial charge >= 0.3 is 0 Å². The highest BCUT2D eigenvalue weighted by Gasteiger charge is 2.11. The third-order valence-corrected chi connectivity index (χ3v) is 3.52. The molecule has 0 radical (unpaired) electrons. The van der Waals surface area contributed by atoms with Crippen molar-refractivity contribution in [1.29, 1.82) is 0 Å². The molecule has 5 nitrogen and oxygen atoms in total. The van der Waals surface area contributed by atoms with Crippen molar-refractivity contribution in [2.45, 2.75) is 20.4 Å². The molecular weight excluding hydrogens is 280 g/mol. The van der Waals surface area contributed by atoms with E-state index in [1.165, 1.54) is 0 Å². The molecule has 0 aliphatic rings. The van der Waals surface area contributed by atoms with Crippen LogP contribution in [0.5, 0.6) is 0 Å². The normalized spacial score (nSPS) is 10.6. The Labute approximate surface area is 127 Å². The Morgan fingerprint density at radius 3 is 2.73 bits per heavy atom. The van der Waals surface area contributed by atoms with Gasteiger partial charge in [0.25, 0.3) is 5.91 Å². The van der Waals surface area contributed by atoms with Crippen LogP contribution in [-0.2, 0) is 6.54 Å². The first-order valence-corrected chi connectivity index (χ1v) is 6.98. The lowest BCUT2D eigenvalue weighted by Crippen LogP contribution is -2.23. The predicted octanol–water partition coefficient (Wildman–Crippen LogP) is 3.48. The van der Waals surface area contributed by atoms with Crippen molar-refractivity contribution in [3.05, 3.63) is 65.0 Å². The van der Waals surface area contributed by atoms with Gasteiger partial charge in [-0.2, -0.15) is 0 Å². The van der Waals surface area contributed by atoms with Crippen LogP contribution in [0.2, 0.25) is 0 Å². The Hall–Kier alpha value is -2.82. The first-order valence-electron chi connectivity index (χ1n) is 6.98. The summed E-state index contributed by atoms with van der Waals surface area (Å²) in [5, 5.41) is 6.75. The van der Waals surface area contributed by atoms with E-state index < -0.39 is 0 Å². The monoisotopic (exact) mass is 296 g/mol. The van der Waals surface area contributed by atoms with Crippen molar-refractivity contribution in [2.75, 3.05) is 0 Å². The van der Waals surface area contributed by atoms with E-state index in [1.807, 2.05) is 32.0 Å². The van der Waals surface area contributed by atoms with Crippen molar-refractivity contribution in [3.63, 3.8) is 0 Å². The molecule has 0 saturated carbocycles. The summed E-state index contributed by atoms with van der Waals surface area (Å²) in [4.78, 5) is 12.1. The number of carbonyl (C=O) groups excluding carboxylic acids is 1. The van der Waals surface area contributed by atoms with Crippen molar-refractivity contribution >= 4 is 5.91 Å². The highest BCUT2D eigenvalue weighted by molar-refractivity contribution is 5.94. The van der Waals surface area contributed by atoms with E-state index in [1.54, 1.807) is 24.5 Å². The average molecular weight is 296 g/mol. The number of aromatic nitrogens is 1. The summed E-state index contributed by atoms with van der Waals surface area (Å²) in [5.74, 6) is 1.02. The van der Waals surface area contributed by atoms with Crippen molar-refractivity contribution in [2.24, 2.45) is 0 Å². The number of amides is 1. The van der Waals surface area contributed by atoms with Crippen LogP contribution < -0.4 is 5.32 Å². The van der Waals surface area contributed by atoms with Gasteiger partial charge in [-0.25, -0.2) is 0 Å². The number of carbonyl (C=O) groups is 1. The van der Waals surface area contributed by atoms with Gasteiger partial charge in [-0.15, -0.1) is 0 Å². The fourth-order valence-electron chi connectivity index (χ4n) is 2.09. The van der Waals surface area contributed by atoms with Crippen LogP contribution in [0.1, 0.15) is 27.2 Å². The Morgan fingerprint density at radius 1 is 1.14 bits per heavy atom. The van der Waals surface area contributed by atoms with Crippen LogP contribution in [0.3, 0.4) is 0 Å². The zero-order valence-corrected chi connectivity index (χ0v) is 12.4. The number of rotatable bonds is 4. The van der Waals surface area contributed by atoms with Crippen molar-refractivity contribution in [3.8, 4) is 11.5 Å². The molecule has 0 aliphatic carbocycles. The lowest BCUT2D eigenvalue weighted by atomic mass is 10.1. The first-order chi connectivity index (χ1) is 10.6. The topological polar surface area (TPSA) is 68.3 Å². The summed E-state index contributed by atoms with van der Waals surface area (Å²) in [6.45, 7) is 4.30. The quantitative estimate of drug-likeness (QED) is 0.800. The minimum atomic E-state index is -0.134. The third kappa shape index (κ3) is 2.93. The van der Waals surface area contributed by atoms with E-state index in [2.05, 4.69) is 10.5 Å². The maximum Gasteiger partial charge on any atom is 0.251 e. The second kappa shape index (κ2) is 5.89. The van der Waals surface area contributed by atoms with E-state index in [0.717, 1.165) is 11.1 Å². The second-order valence-electron chi connectivity index (χ2n) is 5.14. The SMILES string of the molecule is Cc1ccc(C(=O)NCc2cc(-c3ccco3)on2)cc1C. The molecule has 22 heavy (non-hydrogen) atoms. The summed E-state index contributed by atoms with van der Waals surface area (Å²) >= 11 is 0. The van der Waals surface area contributed by atoms with Gasteiger partial charge in [0.15, 0.2) is 5.76 Å². The lowest BCUT2D eigenvalue weighted by Gasteiger charge is -2.05. The molecule has 0 atom stereocenters. The van der Waals surface area contributed by atoms with Crippen LogP contribution in [0.15, 0.2) is 51.6 Å². The molecule has 5 heteroatoms. The van der Waals surface area contributed by atoms with Gasteiger partial charge in [0.2, 0.25) is 5.76 Å². The smallest absolute Gasteiger partial charge is 0.251 e. The van der Waals surface area contributed by atoms with Gasteiger partial charge in [0.05, 0.1) is 12.8 Å². The van der Waals surface area contributed by atoms with Crippen molar-refractivity contribution < 1.29 is 13.7 Å². The number of benzene rings is 1. The summed E-state index contributed by atoms with van der Waals surface area (Å²) in [6, 6.07) is 10.9. The van der Waals surface area contributed by atoms with Crippen LogP contribution in [0, 0.1) is 13.8 Å². The standard InChI is InChI=1S/C17H16N2O3/c1-11-5-6-13(8-12(11)2)17(20)18-10-14-9-16(22-19-14)15-4-3-7-21-15/h3-9H,10H2,1-2H3,(H,18,20). The fraction of sp³-hybridized carbons (Fsp3) is 0.176. The van der Waals surface area contributed by atoms with E-state index in [-0.39, 0.29) is 5.91 Å². The van der Waals surface area contributed by atoms with Crippen LogP contribution in [-0.4, -0.2) is 11.1 Å². The average Bonchev–Trinajstić information content (AvgIpc) is 3.18. The Balaban J connectivity index is 1.65. The highest BCUT2D eigenvalue weighted by Crippen LogP contribution is 2.20. The van der Waals surface area contributed by atoms with E-state index in [4.69, 9.17) is 8.94 Å². The molecular formula is C17H16N2O3. The van der Waals surface area contributed by atoms with Crippen LogP contribution >= 0.6 is 0 Å². The number of nitrogens with one attached hydrogen (secondary N) is 1. The Morgan fingerprint density at radius 2 is 2.00 bits per heavy atom. The zero-order valence-electron chi connectivity index (χ0n) is 12.4. The number of furan rings is 1. The Bertz CT molecular complexity index is 788. The molecule has 1 amide bonds. The lowest BCUT2D eigenvalue weighted by molar-refractivity contribution is 0.0950. The maximum atomic E-state index is 12.1. The third-order valence-electron chi connectivity index (χ3n) is 3.52. The van der Waals surface area contributed by atoms with E-state index in [9.17, 15) is 4.79 Å². The van der Waals surface area contributed by atoms with Gasteiger partial charge in [0.1, 0.15) is 5.69 Å². The number of hydrogen-bond donors (Lipinski definition) is 1. The molecule has 1 aromatic carbocycles. The number of hydrogen-bond acceptors (Lipinski definition) is 4. The van der Waals surface area contributed by atoms with Gasteiger partial charge in [-0.3, -0.25) is 4.79 Å². The predicted molar refractivity (Wildman–Crippen MR) is 81.3 cm³/mol. The summed E-state index contributed by atoms with van der Waals surface area (Å²) in [6.07, 6.45) is 1.57. The molecule has 2 aromatic heterocycles. The largest absolute Gasteiger partial charge is 0.461 e. The van der Waals surface area contributed by atoms with Gasteiger partial charge < -0.3 is 14.3 Å². The van der Waals surface area contributed by atoms with E-state index >= 15 is 0 Å². The van der Waals surface area contributed by atoms with Crippen molar-refractivity contribution in [1.82, 2.24) is 10.5 Å². The molecule has 112 valence electrons. The number of nitrogens with zero attached hydrogens (tertiary/aromatic N) is 1. The van der Waals surface area contributed by atoms with Gasteiger partial charge in [-0.1, -0.05) is 11.2 Å². The summed E-state index contributed by atoms with van der Waals surface area (Å²) < 4.78 is 10.4. The highest BCUT2D eigenvalue weighted by atomic mass is 16.5. The minimum Gasteiger partial charge on any atom is -0.461 e. The number of aryl methyl sites for hydroxylation is 2. The Kier molecular flexibility index (Phi) is 3.78. The van der Waals surface area contributed by atoms with Crippen LogP contribution in [0.4, 0.5) is 0 Å².